The van der Waals surface area contributed by atoms with E-state index in [-0.39, 0.29) is 25.1 Å². The lowest BCUT2D eigenvalue weighted by Gasteiger charge is -2.09. The SMILES string of the molecule is CCCCC/C=C\C/C=C\CCCCCCC(C(=O)[O-])[P+](=O)[O-].CCCCCC/C=C\CCCCCCCC(=O)[O-].[NH4+].[NH4+]. The summed E-state index contributed by atoms with van der Waals surface area (Å²) >= 11 is 0. The zero-order chi connectivity index (χ0) is 30.8. The van der Waals surface area contributed by atoms with Crippen LogP contribution in [0.5, 0.6) is 0 Å². The molecule has 0 aromatic rings. The number of quaternary nitrogens is 2. The molecule has 2 unspecified atom stereocenters. The Morgan fingerprint density at radius 2 is 0.953 bits per heavy atom. The van der Waals surface area contributed by atoms with E-state index in [0.717, 1.165) is 51.4 Å². The maximum atomic E-state index is 10.7. The van der Waals surface area contributed by atoms with Gasteiger partial charge in [-0.1, -0.05) is 119 Å². The maximum Gasteiger partial charge on any atom is 0.318 e. The van der Waals surface area contributed by atoms with Crippen molar-refractivity contribution in [3.8, 4) is 0 Å². The van der Waals surface area contributed by atoms with Gasteiger partial charge in [0.1, 0.15) is 0 Å². The molecule has 8 N–H and O–H groups in total. The normalized spacial score (nSPS) is 12.0. The predicted octanol–water partition coefficient (Wildman–Crippen LogP) is 8.38. The number of carbonyl (C=O) groups is 2. The molecule has 2 atom stereocenters. The fourth-order valence-corrected chi connectivity index (χ4v) is 4.83. The van der Waals surface area contributed by atoms with E-state index in [1.807, 2.05) is 0 Å². The molecule has 9 heteroatoms. The van der Waals surface area contributed by atoms with Gasteiger partial charge in [0.05, 0.1) is 5.97 Å². The molecule has 0 rings (SSSR count). The smallest absolute Gasteiger partial charge is 0.318 e. The predicted molar refractivity (Wildman–Crippen MR) is 178 cm³/mol. The van der Waals surface area contributed by atoms with Crippen LogP contribution in [0.15, 0.2) is 36.5 Å². The zero-order valence-electron chi connectivity index (χ0n) is 28.2. The molecule has 0 saturated heterocycles. The van der Waals surface area contributed by atoms with Crippen molar-refractivity contribution in [2.75, 3.05) is 0 Å². The van der Waals surface area contributed by atoms with Crippen LogP contribution in [0, 0.1) is 0 Å². The van der Waals surface area contributed by atoms with E-state index >= 15 is 0 Å². The topological polar surface area (TPSA) is 193 Å². The van der Waals surface area contributed by atoms with E-state index in [9.17, 15) is 29.3 Å². The van der Waals surface area contributed by atoms with Gasteiger partial charge in [-0.2, -0.15) is 0 Å². The van der Waals surface area contributed by atoms with Crippen molar-refractivity contribution in [2.45, 2.75) is 167 Å². The average molecular weight is 631 g/mol. The van der Waals surface area contributed by atoms with Crippen LogP contribution in [-0.2, 0) is 14.2 Å². The van der Waals surface area contributed by atoms with Gasteiger partial charge in [0.25, 0.3) is 0 Å². The second kappa shape index (κ2) is 40.1. The van der Waals surface area contributed by atoms with Gasteiger partial charge in [0.15, 0.2) is 5.66 Å². The molecule has 0 fully saturated rings. The number of carboxylic acids is 2. The van der Waals surface area contributed by atoms with Gasteiger partial charge in [-0.3, -0.25) is 0 Å². The summed E-state index contributed by atoms with van der Waals surface area (Å²) < 4.78 is 10.7. The Morgan fingerprint density at radius 3 is 1.40 bits per heavy atom. The summed E-state index contributed by atoms with van der Waals surface area (Å²) in [4.78, 5) is 31.5. The molecule has 0 aliphatic rings. The number of aliphatic carboxylic acids is 2. The number of unbranched alkanes of at least 4 members (excludes halogenated alkanes) is 16. The monoisotopic (exact) mass is 630 g/mol. The highest BCUT2D eigenvalue weighted by Gasteiger charge is 2.22. The number of rotatable bonds is 28. The third-order valence-corrected chi connectivity index (χ3v) is 7.83. The molecule has 0 bridgehead atoms. The lowest BCUT2D eigenvalue weighted by atomic mass is 10.1. The molecule has 43 heavy (non-hydrogen) atoms. The second-order valence-corrected chi connectivity index (χ2v) is 12.0. The van der Waals surface area contributed by atoms with Crippen molar-refractivity contribution < 1.29 is 29.3 Å². The van der Waals surface area contributed by atoms with E-state index in [2.05, 4.69) is 50.3 Å². The molecular weight excluding hydrogens is 563 g/mol. The van der Waals surface area contributed by atoms with Gasteiger partial charge in [0, 0.05) is 5.97 Å². The van der Waals surface area contributed by atoms with Crippen LogP contribution in [0.2, 0.25) is 0 Å². The lowest BCUT2D eigenvalue weighted by molar-refractivity contribution is -0.307. The van der Waals surface area contributed by atoms with Crippen LogP contribution in [0.1, 0.15) is 162 Å². The molecule has 0 spiro atoms. The fraction of sp³-hybridized carbons (Fsp3) is 0.765. The van der Waals surface area contributed by atoms with Crippen molar-refractivity contribution in [1.82, 2.24) is 12.3 Å². The lowest BCUT2D eigenvalue weighted by Crippen LogP contribution is -2.34. The summed E-state index contributed by atoms with van der Waals surface area (Å²) in [6, 6.07) is 0. The van der Waals surface area contributed by atoms with Crippen LogP contribution in [0.25, 0.3) is 0 Å². The second-order valence-electron chi connectivity index (χ2n) is 10.8. The largest absolute Gasteiger partial charge is 0.595 e. The maximum absolute atomic E-state index is 10.7. The van der Waals surface area contributed by atoms with Crippen molar-refractivity contribution >= 4 is 20.0 Å². The minimum absolute atomic E-state index is 0. The summed E-state index contributed by atoms with van der Waals surface area (Å²) in [6.07, 6.45) is 37.5. The Bertz CT molecular complexity index is 699. The van der Waals surface area contributed by atoms with Crippen molar-refractivity contribution in [1.29, 1.82) is 0 Å². The fourth-order valence-electron chi connectivity index (χ4n) is 4.27. The van der Waals surface area contributed by atoms with Gasteiger partial charge in [-0.25, -0.2) is 0 Å². The number of carbonyl (C=O) groups excluding carboxylic acids is 2. The first-order valence-electron chi connectivity index (χ1n) is 16.4. The molecule has 0 radical (unpaired) electrons. The third-order valence-electron chi connectivity index (χ3n) is 6.85. The standard InChI is InChI=1S/C18H31O4P.C16H30O2.2H3N/c1-2-3-4-5-6-7-8-9-10-11-12-13-14-15-16-17(18(19)20)23(21)22;1-2-3-4-5-6-7-8-9-10-11-12-13-14-15-16(17)18;;/h6-7,9-10,17H,2-5,8,11-16H2,1H3,(H,19,20);7-8H,2-6,9-15H2,1H3,(H,17,18);2*1H3/b7-6-,10-9-;8-7-;;. The minimum Gasteiger partial charge on any atom is -0.595 e. The van der Waals surface area contributed by atoms with Crippen LogP contribution < -0.4 is 27.4 Å². The van der Waals surface area contributed by atoms with Gasteiger partial charge in [-0.15, -0.1) is 0 Å². The van der Waals surface area contributed by atoms with E-state index in [4.69, 9.17) is 0 Å². The Hall–Kier alpha value is -1.86. The summed E-state index contributed by atoms with van der Waals surface area (Å²) in [5.74, 6) is -2.40. The van der Waals surface area contributed by atoms with E-state index < -0.39 is 25.6 Å². The molecule has 0 aromatic heterocycles. The summed E-state index contributed by atoms with van der Waals surface area (Å²) in [5.41, 5.74) is -1.32. The molecule has 0 aliphatic heterocycles. The molecule has 0 aromatic carbocycles. The van der Waals surface area contributed by atoms with Crippen LogP contribution >= 0.6 is 8.03 Å². The first-order chi connectivity index (χ1) is 19.9. The average Bonchev–Trinajstić information content (AvgIpc) is 2.93. The highest BCUT2D eigenvalue weighted by Crippen LogP contribution is 2.23. The molecule has 0 amide bonds. The summed E-state index contributed by atoms with van der Waals surface area (Å²) in [7, 11) is -2.92. The van der Waals surface area contributed by atoms with Crippen molar-refractivity contribution in [3.05, 3.63) is 36.5 Å². The van der Waals surface area contributed by atoms with Crippen molar-refractivity contribution in [3.63, 3.8) is 0 Å². The highest BCUT2D eigenvalue weighted by molar-refractivity contribution is 7.38. The van der Waals surface area contributed by atoms with Gasteiger partial charge < -0.3 is 37.0 Å². The number of hydrogen-bond acceptors (Lipinski definition) is 6. The van der Waals surface area contributed by atoms with Gasteiger partial charge in [0.2, 0.25) is 0 Å². The highest BCUT2D eigenvalue weighted by atomic mass is 31.1. The zero-order valence-corrected chi connectivity index (χ0v) is 29.1. The quantitative estimate of drug-likeness (QED) is 0.0495. The Labute approximate surface area is 264 Å². The van der Waals surface area contributed by atoms with Crippen LogP contribution in [-0.4, -0.2) is 17.6 Å². The Morgan fingerprint density at radius 1 is 0.581 bits per heavy atom. The van der Waals surface area contributed by atoms with E-state index in [0.29, 0.717) is 6.42 Å². The molecule has 0 saturated carbocycles. The first kappa shape index (κ1) is 48.1. The molecular formula is C34H67N2O6P. The summed E-state index contributed by atoms with van der Waals surface area (Å²) in [6.45, 7) is 4.45. The van der Waals surface area contributed by atoms with Gasteiger partial charge >= 0.3 is 8.03 Å². The van der Waals surface area contributed by atoms with Crippen LogP contribution in [0.4, 0.5) is 0 Å². The molecule has 0 aliphatic carbocycles. The molecule has 254 valence electrons. The van der Waals surface area contributed by atoms with Crippen molar-refractivity contribution in [2.24, 2.45) is 0 Å². The van der Waals surface area contributed by atoms with E-state index in [1.54, 1.807) is 0 Å². The summed E-state index contributed by atoms with van der Waals surface area (Å²) in [5, 5.41) is 20.8. The number of hydrogen-bond donors (Lipinski definition) is 2. The van der Waals surface area contributed by atoms with E-state index in [1.165, 1.54) is 77.0 Å². The molecule has 0 heterocycles. The molecule has 8 nitrogen and oxygen atoms in total. The van der Waals surface area contributed by atoms with Crippen LogP contribution in [0.3, 0.4) is 0 Å². The first-order valence-corrected chi connectivity index (χ1v) is 17.6. The number of carboxylic acid groups (broad SMARTS) is 2. The Balaban J connectivity index is -0.000000347. The third kappa shape index (κ3) is 42.3. The number of allylic oxidation sites excluding steroid dienone is 6. The minimum atomic E-state index is -2.92. The van der Waals surface area contributed by atoms with Gasteiger partial charge in [-0.05, 0) is 83.5 Å². The Kier molecular flexibility index (Phi) is 44.9.